The highest BCUT2D eigenvalue weighted by atomic mass is 16.4. The van der Waals surface area contributed by atoms with Gasteiger partial charge in [-0.25, -0.2) is 9.78 Å². The summed E-state index contributed by atoms with van der Waals surface area (Å²) >= 11 is 0. The summed E-state index contributed by atoms with van der Waals surface area (Å²) in [6, 6.07) is 7.35. The maximum absolute atomic E-state index is 12.5. The minimum Gasteiger partial charge on any atom is -0.441 e. The number of rotatable bonds is 3. The molecule has 0 saturated carbocycles. The lowest BCUT2D eigenvalue weighted by atomic mass is 9.94. The summed E-state index contributed by atoms with van der Waals surface area (Å²) in [6.45, 7) is 6.87. The normalized spacial score (nSPS) is 18.9. The Morgan fingerprint density at radius 2 is 2.24 bits per heavy atom. The molecule has 3 rings (SSSR count). The highest BCUT2D eigenvalue weighted by molar-refractivity contribution is 5.90. The predicted octanol–water partition coefficient (Wildman–Crippen LogP) is 3.58. The highest BCUT2D eigenvalue weighted by Gasteiger charge is 2.26. The zero-order valence-corrected chi connectivity index (χ0v) is 15.0. The zero-order chi connectivity index (χ0) is 18.0. The minimum absolute atomic E-state index is 0.137. The number of hydrogen-bond acceptors (Lipinski definition) is 4. The van der Waals surface area contributed by atoms with Crippen molar-refractivity contribution >= 4 is 11.7 Å². The summed E-state index contributed by atoms with van der Waals surface area (Å²) in [4.78, 5) is 18.7. The molecule has 1 saturated heterocycles. The average Bonchev–Trinajstić information content (AvgIpc) is 2.94. The minimum atomic E-state index is -0.393. The van der Waals surface area contributed by atoms with Gasteiger partial charge in [0.1, 0.15) is 5.76 Å². The number of anilines is 1. The second kappa shape index (κ2) is 7.27. The number of piperidine rings is 1. The van der Waals surface area contributed by atoms with Gasteiger partial charge in [0.25, 0.3) is 0 Å². The van der Waals surface area contributed by atoms with Gasteiger partial charge in [0.2, 0.25) is 5.89 Å². The van der Waals surface area contributed by atoms with E-state index in [2.05, 4.69) is 10.3 Å². The first-order valence-corrected chi connectivity index (χ1v) is 8.72. The Morgan fingerprint density at radius 1 is 1.44 bits per heavy atom. The van der Waals surface area contributed by atoms with Crippen LogP contribution in [0.2, 0.25) is 0 Å². The molecule has 2 heterocycles. The Balaban J connectivity index is 1.70. The van der Waals surface area contributed by atoms with E-state index in [4.69, 9.17) is 4.42 Å². The molecule has 0 radical (unpaired) electrons. The molecule has 2 atom stereocenters. The highest BCUT2D eigenvalue weighted by Crippen LogP contribution is 2.25. The third-order valence-corrected chi connectivity index (χ3v) is 4.82. The second-order valence-electron chi connectivity index (χ2n) is 6.76. The van der Waals surface area contributed by atoms with Gasteiger partial charge in [-0.05, 0) is 51.8 Å². The predicted molar refractivity (Wildman–Crippen MR) is 96.4 cm³/mol. The molecule has 0 aliphatic carbocycles. The average molecular weight is 343 g/mol. The number of aliphatic hydroxyl groups is 1. The summed E-state index contributed by atoms with van der Waals surface area (Å²) < 4.78 is 5.66. The lowest BCUT2D eigenvalue weighted by Crippen LogP contribution is -2.44. The molecule has 6 nitrogen and oxygen atoms in total. The molecule has 2 unspecified atom stereocenters. The van der Waals surface area contributed by atoms with Crippen molar-refractivity contribution in [1.29, 1.82) is 0 Å². The first-order valence-electron chi connectivity index (χ1n) is 8.72. The maximum Gasteiger partial charge on any atom is 0.321 e. The van der Waals surface area contributed by atoms with Crippen LogP contribution in [0, 0.1) is 19.8 Å². The van der Waals surface area contributed by atoms with Gasteiger partial charge < -0.3 is 19.7 Å². The van der Waals surface area contributed by atoms with Crippen molar-refractivity contribution in [2.24, 2.45) is 5.92 Å². The first-order chi connectivity index (χ1) is 11.9. The van der Waals surface area contributed by atoms with E-state index in [9.17, 15) is 9.90 Å². The van der Waals surface area contributed by atoms with Crippen LogP contribution in [0.5, 0.6) is 0 Å². The summed E-state index contributed by atoms with van der Waals surface area (Å²) in [5.41, 5.74) is 2.39. The van der Waals surface area contributed by atoms with E-state index < -0.39 is 6.10 Å². The Labute approximate surface area is 147 Å². The monoisotopic (exact) mass is 343 g/mol. The fourth-order valence-electron chi connectivity index (χ4n) is 3.12. The molecule has 1 aliphatic heterocycles. The molecular formula is C19H25N3O3. The van der Waals surface area contributed by atoms with Crippen molar-refractivity contribution < 1.29 is 14.3 Å². The quantitative estimate of drug-likeness (QED) is 0.893. The van der Waals surface area contributed by atoms with Gasteiger partial charge in [0, 0.05) is 30.3 Å². The Kier molecular flexibility index (Phi) is 5.08. The zero-order valence-electron chi connectivity index (χ0n) is 15.0. The number of nitrogens with zero attached hydrogens (tertiary/aromatic N) is 2. The van der Waals surface area contributed by atoms with E-state index in [-0.39, 0.29) is 11.9 Å². The topological polar surface area (TPSA) is 78.6 Å². The molecule has 1 aliphatic rings. The summed E-state index contributed by atoms with van der Waals surface area (Å²) in [7, 11) is 0. The van der Waals surface area contributed by atoms with Crippen molar-refractivity contribution in [1.82, 2.24) is 9.88 Å². The number of nitrogens with one attached hydrogen (secondary N) is 1. The largest absolute Gasteiger partial charge is 0.441 e. The van der Waals surface area contributed by atoms with Crippen molar-refractivity contribution in [2.45, 2.75) is 39.7 Å². The number of carbonyl (C=O) groups is 1. The van der Waals surface area contributed by atoms with Crippen molar-refractivity contribution in [3.8, 4) is 11.5 Å². The number of benzene rings is 1. The first kappa shape index (κ1) is 17.5. The molecule has 25 heavy (non-hydrogen) atoms. The number of oxazole rings is 1. The number of carbonyl (C=O) groups excluding carboxylic acids is 1. The number of aromatic nitrogens is 1. The molecule has 2 N–H and O–H groups in total. The molecular weight excluding hydrogens is 318 g/mol. The van der Waals surface area contributed by atoms with Crippen LogP contribution >= 0.6 is 0 Å². The fraction of sp³-hybridized carbons (Fsp3) is 0.474. The van der Waals surface area contributed by atoms with Gasteiger partial charge in [-0.3, -0.25) is 0 Å². The van der Waals surface area contributed by atoms with Crippen molar-refractivity contribution in [3.63, 3.8) is 0 Å². The fourth-order valence-corrected chi connectivity index (χ4v) is 3.12. The van der Waals surface area contributed by atoms with Crippen LogP contribution in [0.15, 0.2) is 28.7 Å². The van der Waals surface area contributed by atoms with Crippen molar-refractivity contribution in [3.05, 3.63) is 35.7 Å². The Bertz CT molecular complexity index is 735. The number of urea groups is 1. The molecule has 0 bridgehead atoms. The number of aryl methyl sites for hydroxylation is 2. The van der Waals surface area contributed by atoms with E-state index in [0.717, 1.165) is 29.9 Å². The Hall–Kier alpha value is -2.34. The molecule has 1 fully saturated rings. The number of likely N-dealkylation sites (tertiary alicyclic amines) is 1. The summed E-state index contributed by atoms with van der Waals surface area (Å²) in [5, 5.41) is 12.7. The summed E-state index contributed by atoms with van der Waals surface area (Å²) in [5.74, 6) is 1.49. The number of amides is 2. The number of aliphatic hydroxyl groups excluding tert-OH is 1. The summed E-state index contributed by atoms with van der Waals surface area (Å²) in [6.07, 6.45) is 1.48. The Morgan fingerprint density at radius 3 is 2.92 bits per heavy atom. The van der Waals surface area contributed by atoms with Crippen LogP contribution in [0.1, 0.15) is 31.2 Å². The molecule has 1 aromatic carbocycles. The molecule has 2 amide bonds. The van der Waals surface area contributed by atoms with Gasteiger partial charge in [0.05, 0.1) is 11.8 Å². The van der Waals surface area contributed by atoms with Crippen LogP contribution in [0.3, 0.4) is 0 Å². The van der Waals surface area contributed by atoms with Gasteiger partial charge in [-0.2, -0.15) is 0 Å². The van der Waals surface area contributed by atoms with E-state index >= 15 is 0 Å². The van der Waals surface area contributed by atoms with Crippen LogP contribution in [0.4, 0.5) is 10.5 Å². The van der Waals surface area contributed by atoms with Gasteiger partial charge in [0.15, 0.2) is 0 Å². The lowest BCUT2D eigenvalue weighted by molar-refractivity contribution is 0.0766. The van der Waals surface area contributed by atoms with Crippen LogP contribution < -0.4 is 5.32 Å². The molecule has 2 aromatic rings. The molecule has 6 heteroatoms. The van der Waals surface area contributed by atoms with Crippen molar-refractivity contribution in [2.75, 3.05) is 18.4 Å². The maximum atomic E-state index is 12.5. The van der Waals surface area contributed by atoms with Crippen LogP contribution in [-0.2, 0) is 0 Å². The van der Waals surface area contributed by atoms with E-state index in [0.29, 0.717) is 24.7 Å². The van der Waals surface area contributed by atoms with Gasteiger partial charge in [-0.15, -0.1) is 0 Å². The van der Waals surface area contributed by atoms with Crippen LogP contribution in [0.25, 0.3) is 11.5 Å². The van der Waals surface area contributed by atoms with Gasteiger partial charge >= 0.3 is 6.03 Å². The van der Waals surface area contributed by atoms with Gasteiger partial charge in [-0.1, -0.05) is 6.07 Å². The van der Waals surface area contributed by atoms with Crippen LogP contribution in [-0.4, -0.2) is 40.2 Å². The third kappa shape index (κ3) is 4.02. The smallest absolute Gasteiger partial charge is 0.321 e. The molecule has 134 valence electrons. The third-order valence-electron chi connectivity index (χ3n) is 4.82. The van der Waals surface area contributed by atoms with E-state index in [1.54, 1.807) is 11.8 Å². The van der Waals surface area contributed by atoms with E-state index in [1.807, 2.05) is 38.1 Å². The lowest BCUT2D eigenvalue weighted by Gasteiger charge is -2.34. The SMILES string of the molecule is Cc1nc(-c2cccc(NC(=O)N3CCCC(C(C)O)C3)c2)oc1C. The number of hydrogen-bond donors (Lipinski definition) is 2. The van der Waals surface area contributed by atoms with E-state index in [1.165, 1.54) is 0 Å². The standard InChI is InChI=1S/C19H25N3O3/c1-12-14(3)25-18(20-12)15-6-4-8-17(10-15)21-19(24)22-9-5-7-16(11-22)13(2)23/h4,6,8,10,13,16,23H,5,7,9,11H2,1-3H3,(H,21,24). The molecule has 0 spiro atoms. The molecule has 1 aromatic heterocycles. The second-order valence-corrected chi connectivity index (χ2v) is 6.76.